The molecule has 1 aromatic carbocycles. The molecule has 1 aliphatic rings. The Labute approximate surface area is 138 Å². The molecular formula is C14H15Cl2O2Ti. The van der Waals surface area contributed by atoms with Crippen LogP contribution in [0.5, 0.6) is 11.5 Å². The molecule has 0 amide bonds. The molecule has 0 atom stereocenters. The SMILES string of the molecule is CC(C)Oc1ccccc1OC1=[C]([Ti+2])CC=C1.[Cl-].[Cl-]. The maximum Gasteiger partial charge on any atom is -1.00 e. The third kappa shape index (κ3) is 5.23. The quantitative estimate of drug-likeness (QED) is 0.571. The molecule has 101 valence electrons. The van der Waals surface area contributed by atoms with Gasteiger partial charge in [-0.1, -0.05) is 0 Å². The van der Waals surface area contributed by atoms with Crippen molar-refractivity contribution in [3.05, 3.63) is 46.1 Å². The summed E-state index contributed by atoms with van der Waals surface area (Å²) in [6, 6.07) is 7.78. The van der Waals surface area contributed by atoms with Gasteiger partial charge in [-0.15, -0.1) is 0 Å². The molecule has 1 aliphatic carbocycles. The number of para-hydroxylation sites is 2. The van der Waals surface area contributed by atoms with Gasteiger partial charge in [0.05, 0.1) is 0 Å². The van der Waals surface area contributed by atoms with Crippen molar-refractivity contribution in [2.24, 2.45) is 0 Å². The normalized spacial score (nSPS) is 13.1. The van der Waals surface area contributed by atoms with Gasteiger partial charge in [-0.25, -0.2) is 0 Å². The number of halogens is 2. The topological polar surface area (TPSA) is 18.5 Å². The zero-order chi connectivity index (χ0) is 12.3. The van der Waals surface area contributed by atoms with Crippen molar-refractivity contribution in [1.82, 2.24) is 0 Å². The smallest absolute Gasteiger partial charge is 1.00 e. The Hall–Kier alpha value is -0.406. The van der Waals surface area contributed by atoms with Gasteiger partial charge in [0, 0.05) is 0 Å². The van der Waals surface area contributed by atoms with E-state index in [4.69, 9.17) is 9.47 Å². The third-order valence-electron chi connectivity index (χ3n) is 2.32. The number of ether oxygens (including phenoxy) is 2. The summed E-state index contributed by atoms with van der Waals surface area (Å²) in [5, 5.41) is 0. The summed E-state index contributed by atoms with van der Waals surface area (Å²) in [6.45, 7) is 4.02. The van der Waals surface area contributed by atoms with E-state index in [2.05, 4.69) is 26.5 Å². The Kier molecular flexibility index (Phi) is 8.52. The van der Waals surface area contributed by atoms with Gasteiger partial charge >= 0.3 is 114 Å². The molecule has 0 radical (unpaired) electrons. The summed E-state index contributed by atoms with van der Waals surface area (Å²) >= 11 is 2.08. The van der Waals surface area contributed by atoms with Gasteiger partial charge in [-0.05, 0) is 0 Å². The first-order chi connectivity index (χ1) is 8.16. The maximum absolute atomic E-state index is 5.89. The minimum atomic E-state index is 0. The van der Waals surface area contributed by atoms with Crippen molar-refractivity contribution in [2.45, 2.75) is 26.4 Å². The predicted molar refractivity (Wildman–Crippen MR) is 63.6 cm³/mol. The van der Waals surface area contributed by atoms with Crippen molar-refractivity contribution in [2.75, 3.05) is 0 Å². The van der Waals surface area contributed by atoms with Gasteiger partial charge < -0.3 is 24.8 Å². The van der Waals surface area contributed by atoms with Crippen LogP contribution >= 0.6 is 0 Å². The van der Waals surface area contributed by atoms with Crippen molar-refractivity contribution in [3.63, 3.8) is 0 Å². The fraction of sp³-hybridized carbons (Fsp3) is 0.286. The zero-order valence-corrected chi connectivity index (χ0v) is 13.9. The molecule has 1 aromatic rings. The van der Waals surface area contributed by atoms with Gasteiger partial charge in [0.15, 0.2) is 0 Å². The Morgan fingerprint density at radius 2 is 1.74 bits per heavy atom. The molecule has 0 bridgehead atoms. The van der Waals surface area contributed by atoms with Crippen molar-refractivity contribution in [1.29, 1.82) is 0 Å². The summed E-state index contributed by atoms with van der Waals surface area (Å²) in [5.74, 6) is 2.51. The molecule has 0 unspecified atom stereocenters. The molecule has 19 heavy (non-hydrogen) atoms. The van der Waals surface area contributed by atoms with E-state index in [0.717, 1.165) is 23.7 Å². The molecule has 0 aromatic heterocycles. The third-order valence-corrected chi connectivity index (χ3v) is 3.02. The number of hydrogen-bond donors (Lipinski definition) is 0. The first-order valence-electron chi connectivity index (χ1n) is 5.71. The van der Waals surface area contributed by atoms with Gasteiger partial charge in [-0.3, -0.25) is 0 Å². The summed E-state index contributed by atoms with van der Waals surface area (Å²) < 4.78 is 12.9. The standard InChI is InChI=1S/C14H15O2.2ClH.Ti/c1-11(2)15-13-9-5-6-10-14(13)16-12-7-3-4-8-12;;;/h3,5-7,9-11H,4H2,1-2H3;2*1H;/q;;;+2/p-2. The first kappa shape index (κ1) is 18.6. The largest absolute Gasteiger partial charge is 1.00 e. The molecule has 0 aliphatic heterocycles. The second kappa shape index (κ2) is 8.70. The summed E-state index contributed by atoms with van der Waals surface area (Å²) in [6.07, 6.45) is 5.24. The number of benzene rings is 1. The van der Waals surface area contributed by atoms with Crippen molar-refractivity contribution >= 4 is 0 Å². The molecule has 5 heteroatoms. The van der Waals surface area contributed by atoms with Gasteiger partial charge in [0.1, 0.15) is 0 Å². The van der Waals surface area contributed by atoms with Crippen LogP contribution in [0.3, 0.4) is 0 Å². The predicted octanol–water partition coefficient (Wildman–Crippen LogP) is -2.42. The summed E-state index contributed by atoms with van der Waals surface area (Å²) in [7, 11) is 0. The molecule has 2 rings (SSSR count). The number of hydrogen-bond acceptors (Lipinski definition) is 2. The van der Waals surface area contributed by atoms with E-state index < -0.39 is 0 Å². The second-order valence-electron chi connectivity index (χ2n) is 4.16. The fourth-order valence-electron chi connectivity index (χ4n) is 1.58. The van der Waals surface area contributed by atoms with E-state index in [1.165, 1.54) is 3.88 Å². The van der Waals surface area contributed by atoms with E-state index >= 15 is 0 Å². The maximum atomic E-state index is 5.89. The van der Waals surface area contributed by atoms with Gasteiger partial charge in [0.2, 0.25) is 0 Å². The van der Waals surface area contributed by atoms with Crippen LogP contribution in [-0.2, 0) is 20.4 Å². The molecule has 0 fully saturated rings. The Balaban J connectivity index is 0.00000162. The van der Waals surface area contributed by atoms with Crippen LogP contribution in [0.25, 0.3) is 0 Å². The van der Waals surface area contributed by atoms with E-state index in [1.807, 2.05) is 44.2 Å². The van der Waals surface area contributed by atoms with Crippen LogP contribution in [-0.4, -0.2) is 6.10 Å². The second-order valence-corrected chi connectivity index (χ2v) is 5.11. The minimum Gasteiger partial charge on any atom is -1.00 e. The molecule has 0 spiro atoms. The summed E-state index contributed by atoms with van der Waals surface area (Å²) in [5.41, 5.74) is 0. The Morgan fingerprint density at radius 1 is 1.11 bits per heavy atom. The zero-order valence-electron chi connectivity index (χ0n) is 10.8. The first-order valence-corrected chi connectivity index (χ1v) is 6.49. The molecule has 0 saturated heterocycles. The Bertz CT molecular complexity index is 470. The van der Waals surface area contributed by atoms with Crippen LogP contribution in [0, 0.1) is 0 Å². The number of allylic oxidation sites excluding steroid dienone is 3. The van der Waals surface area contributed by atoms with Crippen LogP contribution in [0.1, 0.15) is 20.3 Å². The van der Waals surface area contributed by atoms with Crippen LogP contribution < -0.4 is 34.3 Å². The van der Waals surface area contributed by atoms with E-state index in [0.29, 0.717) is 0 Å². The van der Waals surface area contributed by atoms with Crippen molar-refractivity contribution < 1.29 is 54.7 Å². The summed E-state index contributed by atoms with van der Waals surface area (Å²) in [4.78, 5) is 0. The van der Waals surface area contributed by atoms with E-state index in [9.17, 15) is 0 Å². The van der Waals surface area contributed by atoms with Crippen LogP contribution in [0.2, 0.25) is 0 Å². The van der Waals surface area contributed by atoms with E-state index in [-0.39, 0.29) is 30.9 Å². The van der Waals surface area contributed by atoms with Gasteiger partial charge in [-0.2, -0.15) is 0 Å². The van der Waals surface area contributed by atoms with Crippen LogP contribution in [0.15, 0.2) is 46.1 Å². The van der Waals surface area contributed by atoms with Crippen LogP contribution in [0.4, 0.5) is 0 Å². The fourth-order valence-corrected chi connectivity index (χ4v) is 1.98. The Morgan fingerprint density at radius 3 is 2.26 bits per heavy atom. The number of rotatable bonds is 4. The average Bonchev–Trinajstić information content (AvgIpc) is 2.67. The average molecular weight is 334 g/mol. The minimum absolute atomic E-state index is 0. The van der Waals surface area contributed by atoms with Gasteiger partial charge in [0.25, 0.3) is 0 Å². The van der Waals surface area contributed by atoms with Crippen molar-refractivity contribution in [3.8, 4) is 11.5 Å². The molecule has 0 saturated carbocycles. The molecule has 0 N–H and O–H groups in total. The molecular weight excluding hydrogens is 319 g/mol. The monoisotopic (exact) mass is 333 g/mol. The van der Waals surface area contributed by atoms with E-state index in [1.54, 1.807) is 0 Å². The molecule has 2 nitrogen and oxygen atoms in total. The molecule has 0 heterocycles.